The molecular weight excluding hydrogens is 372 g/mol. The Labute approximate surface area is 160 Å². The first-order chi connectivity index (χ1) is 13.0. The summed E-state index contributed by atoms with van der Waals surface area (Å²) in [5.74, 6) is 0.250. The van der Waals surface area contributed by atoms with Crippen molar-refractivity contribution in [3.05, 3.63) is 58.8 Å². The van der Waals surface area contributed by atoms with Gasteiger partial charge in [0.2, 0.25) is 0 Å². The highest BCUT2D eigenvalue weighted by atomic mass is 35.5. The Bertz CT molecular complexity index is 991. The normalized spacial score (nSPS) is 10.6. The summed E-state index contributed by atoms with van der Waals surface area (Å²) in [6.45, 7) is -0.370. The molecule has 1 heterocycles. The molecule has 3 aromatic rings. The predicted octanol–water partition coefficient (Wildman–Crippen LogP) is 4.07. The molecular formula is C20H17ClO6. The number of methoxy groups -OCH3 is 2. The number of furan rings is 1. The molecule has 0 N–H and O–H groups in total. The van der Waals surface area contributed by atoms with Crippen LogP contribution in [0.15, 0.2) is 47.1 Å². The lowest BCUT2D eigenvalue weighted by molar-refractivity contribution is -0.141. The van der Waals surface area contributed by atoms with Gasteiger partial charge in [-0.05, 0) is 30.3 Å². The Morgan fingerprint density at radius 2 is 1.89 bits per heavy atom. The third-order valence-electron chi connectivity index (χ3n) is 4.04. The molecule has 7 heteroatoms. The van der Waals surface area contributed by atoms with E-state index in [1.807, 2.05) is 6.07 Å². The standard InChI is InChI=1S/C20H17ClO6/c1-24-14-4-5-15-13(10-26-19(15)9-14)8-20(23)27-11-17(22)12-3-6-18(25-2)16(21)7-12/h3-7,9-10H,8,11H2,1-2H3. The molecule has 140 valence electrons. The van der Waals surface area contributed by atoms with E-state index >= 15 is 0 Å². The molecule has 0 fully saturated rings. The Kier molecular flexibility index (Phi) is 5.66. The minimum atomic E-state index is -0.526. The van der Waals surface area contributed by atoms with Gasteiger partial charge in [-0.25, -0.2) is 0 Å². The van der Waals surface area contributed by atoms with Crippen LogP contribution in [0.3, 0.4) is 0 Å². The summed E-state index contributed by atoms with van der Waals surface area (Å²) < 4.78 is 20.7. The maximum atomic E-state index is 12.2. The molecule has 1 aromatic heterocycles. The molecule has 0 aliphatic carbocycles. The number of fused-ring (bicyclic) bond motifs is 1. The van der Waals surface area contributed by atoms with Gasteiger partial charge >= 0.3 is 5.97 Å². The van der Waals surface area contributed by atoms with Gasteiger partial charge in [-0.3, -0.25) is 9.59 Å². The largest absolute Gasteiger partial charge is 0.497 e. The van der Waals surface area contributed by atoms with Gasteiger partial charge in [0.1, 0.15) is 17.1 Å². The number of halogens is 1. The lowest BCUT2D eigenvalue weighted by Crippen LogP contribution is -2.15. The lowest BCUT2D eigenvalue weighted by Gasteiger charge is -2.06. The number of esters is 1. The molecule has 0 saturated heterocycles. The van der Waals surface area contributed by atoms with Crippen LogP contribution >= 0.6 is 11.6 Å². The van der Waals surface area contributed by atoms with Crippen molar-refractivity contribution in [2.45, 2.75) is 6.42 Å². The van der Waals surface area contributed by atoms with Crippen molar-refractivity contribution < 1.29 is 28.2 Å². The number of carbonyl (C=O) groups is 2. The van der Waals surface area contributed by atoms with Crippen LogP contribution in [0, 0.1) is 0 Å². The molecule has 0 unspecified atom stereocenters. The van der Waals surface area contributed by atoms with Gasteiger partial charge in [-0.2, -0.15) is 0 Å². The van der Waals surface area contributed by atoms with E-state index in [9.17, 15) is 9.59 Å². The topological polar surface area (TPSA) is 75.0 Å². The zero-order valence-electron chi connectivity index (χ0n) is 14.8. The zero-order chi connectivity index (χ0) is 19.4. The van der Waals surface area contributed by atoms with E-state index in [1.165, 1.54) is 19.4 Å². The van der Waals surface area contributed by atoms with Gasteiger partial charge < -0.3 is 18.6 Å². The van der Waals surface area contributed by atoms with Crippen LogP contribution in [0.2, 0.25) is 5.02 Å². The maximum Gasteiger partial charge on any atom is 0.310 e. The molecule has 3 rings (SSSR count). The van der Waals surface area contributed by atoms with E-state index in [-0.39, 0.29) is 18.8 Å². The minimum absolute atomic E-state index is 0.00399. The van der Waals surface area contributed by atoms with Gasteiger partial charge in [-0.1, -0.05) is 11.6 Å². The van der Waals surface area contributed by atoms with E-state index in [0.29, 0.717) is 33.2 Å². The fourth-order valence-electron chi connectivity index (χ4n) is 2.60. The Morgan fingerprint density at radius 1 is 1.07 bits per heavy atom. The number of ether oxygens (including phenoxy) is 3. The highest BCUT2D eigenvalue weighted by Crippen LogP contribution is 2.27. The summed E-state index contributed by atoms with van der Waals surface area (Å²) in [6.07, 6.45) is 1.49. The molecule has 0 aliphatic rings. The van der Waals surface area contributed by atoms with Gasteiger partial charge in [0.25, 0.3) is 0 Å². The van der Waals surface area contributed by atoms with E-state index < -0.39 is 5.97 Å². The first kappa shape index (κ1) is 18.8. The molecule has 0 amide bonds. The second-order valence-corrected chi connectivity index (χ2v) is 6.14. The van der Waals surface area contributed by atoms with Crippen molar-refractivity contribution in [3.8, 4) is 11.5 Å². The van der Waals surface area contributed by atoms with Crippen LogP contribution in [0.4, 0.5) is 0 Å². The first-order valence-electron chi connectivity index (χ1n) is 8.08. The summed E-state index contributed by atoms with van der Waals surface area (Å²) in [6, 6.07) is 9.96. The van der Waals surface area contributed by atoms with Gasteiger partial charge in [0, 0.05) is 22.6 Å². The number of benzene rings is 2. The number of hydrogen-bond acceptors (Lipinski definition) is 6. The summed E-state index contributed by atoms with van der Waals surface area (Å²) in [4.78, 5) is 24.3. The third-order valence-corrected chi connectivity index (χ3v) is 4.33. The summed E-state index contributed by atoms with van der Waals surface area (Å²) in [7, 11) is 3.05. The second-order valence-electron chi connectivity index (χ2n) is 5.73. The van der Waals surface area contributed by atoms with E-state index in [2.05, 4.69) is 0 Å². The summed E-state index contributed by atoms with van der Waals surface area (Å²) >= 11 is 6.00. The SMILES string of the molecule is COc1ccc2c(CC(=O)OCC(=O)c3ccc(OC)c(Cl)c3)coc2c1. The molecule has 2 aromatic carbocycles. The number of hydrogen-bond donors (Lipinski definition) is 0. The van der Waals surface area contributed by atoms with Gasteiger partial charge in [0.15, 0.2) is 12.4 Å². The maximum absolute atomic E-state index is 12.2. The van der Waals surface area contributed by atoms with Crippen LogP contribution in [-0.2, 0) is 16.0 Å². The highest BCUT2D eigenvalue weighted by Gasteiger charge is 2.15. The van der Waals surface area contributed by atoms with Gasteiger partial charge in [0.05, 0.1) is 31.9 Å². The highest BCUT2D eigenvalue weighted by molar-refractivity contribution is 6.32. The molecule has 0 bridgehead atoms. The molecule has 0 atom stereocenters. The van der Waals surface area contributed by atoms with Crippen molar-refractivity contribution >= 4 is 34.3 Å². The molecule has 6 nitrogen and oxygen atoms in total. The minimum Gasteiger partial charge on any atom is -0.497 e. The fourth-order valence-corrected chi connectivity index (χ4v) is 2.86. The lowest BCUT2D eigenvalue weighted by atomic mass is 10.1. The van der Waals surface area contributed by atoms with Crippen LogP contribution in [0.25, 0.3) is 11.0 Å². The molecule has 0 spiro atoms. The van der Waals surface area contributed by atoms with Crippen molar-refractivity contribution in [2.24, 2.45) is 0 Å². The molecule has 27 heavy (non-hydrogen) atoms. The van der Waals surface area contributed by atoms with Crippen LogP contribution in [0.5, 0.6) is 11.5 Å². The Morgan fingerprint density at radius 3 is 2.59 bits per heavy atom. The Balaban J connectivity index is 1.61. The average molecular weight is 389 g/mol. The fraction of sp³-hybridized carbons (Fsp3) is 0.200. The third kappa shape index (κ3) is 4.23. The van der Waals surface area contributed by atoms with Crippen LogP contribution in [0.1, 0.15) is 15.9 Å². The summed E-state index contributed by atoms with van der Waals surface area (Å²) in [5, 5.41) is 1.11. The molecule has 0 aliphatic heterocycles. The van der Waals surface area contributed by atoms with Crippen molar-refractivity contribution in [1.29, 1.82) is 0 Å². The number of ketones is 1. The smallest absolute Gasteiger partial charge is 0.310 e. The van der Waals surface area contributed by atoms with Crippen molar-refractivity contribution in [1.82, 2.24) is 0 Å². The number of Topliss-reactive ketones (excluding diaryl/α,β-unsaturated/α-hetero) is 1. The van der Waals surface area contributed by atoms with Crippen LogP contribution < -0.4 is 9.47 Å². The van der Waals surface area contributed by atoms with E-state index in [1.54, 1.807) is 31.4 Å². The quantitative estimate of drug-likeness (QED) is 0.448. The monoisotopic (exact) mass is 388 g/mol. The zero-order valence-corrected chi connectivity index (χ0v) is 15.5. The van der Waals surface area contributed by atoms with Crippen molar-refractivity contribution in [3.63, 3.8) is 0 Å². The second kappa shape index (κ2) is 8.14. The van der Waals surface area contributed by atoms with E-state index in [0.717, 1.165) is 5.39 Å². The van der Waals surface area contributed by atoms with Crippen molar-refractivity contribution in [2.75, 3.05) is 20.8 Å². The molecule has 0 radical (unpaired) electrons. The number of carbonyl (C=O) groups excluding carboxylic acids is 2. The Hall–Kier alpha value is -2.99. The number of rotatable bonds is 7. The first-order valence-corrected chi connectivity index (χ1v) is 8.46. The van der Waals surface area contributed by atoms with Gasteiger partial charge in [-0.15, -0.1) is 0 Å². The van der Waals surface area contributed by atoms with E-state index in [4.69, 9.17) is 30.2 Å². The average Bonchev–Trinajstić information content (AvgIpc) is 3.07. The summed E-state index contributed by atoms with van der Waals surface area (Å²) in [5.41, 5.74) is 1.63. The van der Waals surface area contributed by atoms with Crippen LogP contribution in [-0.4, -0.2) is 32.6 Å². The molecule has 0 saturated carbocycles. The predicted molar refractivity (Wildman–Crippen MR) is 99.8 cm³/mol.